The largest absolute Gasteiger partial charge is 0.295 e. The number of Topliss-reactive ketones (excluding diaryl/α,β-unsaturated/α-hetero) is 1. The number of ketones is 1. The number of allylic oxidation sites excluding steroid dienone is 1. The van der Waals surface area contributed by atoms with E-state index in [-0.39, 0.29) is 5.78 Å². The maximum absolute atomic E-state index is 11.9. The van der Waals surface area contributed by atoms with Gasteiger partial charge in [0.25, 0.3) is 0 Å². The number of fused-ring (bicyclic) bond motifs is 1. The molecular formula is C26H23ClO. The number of carbonyl (C=O) groups is 1. The van der Waals surface area contributed by atoms with Gasteiger partial charge >= 0.3 is 0 Å². The number of rotatable bonds is 3. The average molecular weight is 387 g/mol. The van der Waals surface area contributed by atoms with Gasteiger partial charge in [0, 0.05) is 10.6 Å². The summed E-state index contributed by atoms with van der Waals surface area (Å²) in [4.78, 5) is 11.9. The van der Waals surface area contributed by atoms with E-state index < -0.39 is 0 Å². The molecule has 28 heavy (non-hydrogen) atoms. The molecule has 0 amide bonds. The summed E-state index contributed by atoms with van der Waals surface area (Å²) in [6, 6.07) is 21.0. The van der Waals surface area contributed by atoms with Gasteiger partial charge in [-0.1, -0.05) is 59.6 Å². The third kappa shape index (κ3) is 3.43. The molecule has 0 fully saturated rings. The van der Waals surface area contributed by atoms with Crippen molar-refractivity contribution in [2.45, 2.75) is 33.6 Å². The molecule has 140 valence electrons. The zero-order valence-electron chi connectivity index (χ0n) is 16.5. The Balaban J connectivity index is 1.98. The van der Waals surface area contributed by atoms with Gasteiger partial charge in [-0.2, -0.15) is 0 Å². The van der Waals surface area contributed by atoms with E-state index >= 15 is 0 Å². The summed E-state index contributed by atoms with van der Waals surface area (Å²) in [6.07, 6.45) is 1.88. The molecule has 0 bridgehead atoms. The molecule has 1 aliphatic rings. The molecule has 1 aliphatic carbocycles. The van der Waals surface area contributed by atoms with Crippen LogP contribution in [0.4, 0.5) is 0 Å². The molecule has 0 aliphatic heterocycles. The van der Waals surface area contributed by atoms with Crippen LogP contribution in [0.15, 0.2) is 60.7 Å². The lowest BCUT2D eigenvalue weighted by Crippen LogP contribution is -2.08. The number of hydrogen-bond donors (Lipinski definition) is 0. The molecule has 0 saturated carbocycles. The van der Waals surface area contributed by atoms with Crippen molar-refractivity contribution in [2.75, 3.05) is 0 Å². The maximum Gasteiger partial charge on any atom is 0.159 e. The average Bonchev–Trinajstić information content (AvgIpc) is 2.67. The second-order valence-electron chi connectivity index (χ2n) is 7.61. The molecule has 0 saturated heterocycles. The summed E-state index contributed by atoms with van der Waals surface area (Å²) in [7, 11) is 0. The highest BCUT2D eigenvalue weighted by atomic mass is 35.5. The van der Waals surface area contributed by atoms with Crippen molar-refractivity contribution in [3.63, 3.8) is 0 Å². The van der Waals surface area contributed by atoms with Crippen LogP contribution < -0.4 is 0 Å². The Morgan fingerprint density at radius 2 is 1.57 bits per heavy atom. The lowest BCUT2D eigenvalue weighted by atomic mass is 9.78. The van der Waals surface area contributed by atoms with Gasteiger partial charge in [0.2, 0.25) is 0 Å². The summed E-state index contributed by atoms with van der Waals surface area (Å²) < 4.78 is 0. The number of aryl methyl sites for hydroxylation is 3. The third-order valence-corrected chi connectivity index (χ3v) is 5.82. The smallest absolute Gasteiger partial charge is 0.159 e. The van der Waals surface area contributed by atoms with Gasteiger partial charge < -0.3 is 0 Å². The lowest BCUT2D eigenvalue weighted by Gasteiger charge is -2.26. The first-order chi connectivity index (χ1) is 13.4. The highest BCUT2D eigenvalue weighted by Gasteiger charge is 2.23. The number of hydrogen-bond acceptors (Lipinski definition) is 1. The van der Waals surface area contributed by atoms with Crippen LogP contribution in [0.5, 0.6) is 0 Å². The molecule has 0 heterocycles. The highest BCUT2D eigenvalue weighted by molar-refractivity contribution is 6.30. The Kier molecular flexibility index (Phi) is 4.95. The molecule has 2 heteroatoms. The van der Waals surface area contributed by atoms with Gasteiger partial charge in [-0.25, -0.2) is 0 Å². The van der Waals surface area contributed by atoms with Gasteiger partial charge in [-0.05, 0) is 90.8 Å². The van der Waals surface area contributed by atoms with Gasteiger partial charge in [0.1, 0.15) is 0 Å². The first-order valence-corrected chi connectivity index (χ1v) is 10.0. The topological polar surface area (TPSA) is 17.1 Å². The summed E-state index contributed by atoms with van der Waals surface area (Å²) in [5, 5.41) is 0.765. The van der Waals surface area contributed by atoms with E-state index in [4.69, 9.17) is 11.6 Å². The quantitative estimate of drug-likeness (QED) is 0.440. The molecule has 4 rings (SSSR count). The van der Waals surface area contributed by atoms with Crippen LogP contribution in [0.3, 0.4) is 0 Å². The molecule has 0 atom stereocenters. The fourth-order valence-electron chi connectivity index (χ4n) is 4.10. The summed E-state index contributed by atoms with van der Waals surface area (Å²) in [5.41, 5.74) is 10.8. The van der Waals surface area contributed by atoms with Crippen LogP contribution >= 0.6 is 11.6 Å². The Bertz CT molecular complexity index is 1100. The first kappa shape index (κ1) is 18.7. The minimum atomic E-state index is 0.114. The Labute approximate surface area is 171 Å². The van der Waals surface area contributed by atoms with Crippen molar-refractivity contribution in [3.05, 3.63) is 105 Å². The summed E-state index contributed by atoms with van der Waals surface area (Å²) in [6.45, 7) is 5.86. The van der Waals surface area contributed by atoms with Crippen LogP contribution in [-0.4, -0.2) is 5.78 Å². The summed E-state index contributed by atoms with van der Waals surface area (Å²) >= 11 is 6.21. The predicted octanol–water partition coefficient (Wildman–Crippen LogP) is 7.06. The van der Waals surface area contributed by atoms with Crippen LogP contribution in [-0.2, 0) is 6.42 Å². The van der Waals surface area contributed by atoms with E-state index in [1.807, 2.05) is 18.2 Å². The van der Waals surface area contributed by atoms with Gasteiger partial charge in [0.05, 0.1) is 0 Å². The van der Waals surface area contributed by atoms with Gasteiger partial charge in [-0.3, -0.25) is 4.79 Å². The molecule has 0 radical (unpaired) electrons. The van der Waals surface area contributed by atoms with Crippen LogP contribution in [0.2, 0.25) is 5.02 Å². The number of halogens is 1. The van der Waals surface area contributed by atoms with Crippen LogP contribution in [0, 0.1) is 13.8 Å². The first-order valence-electron chi connectivity index (χ1n) is 9.65. The molecule has 1 nitrogen and oxygen atoms in total. The second-order valence-corrected chi connectivity index (χ2v) is 8.04. The molecule has 0 aromatic heterocycles. The normalized spacial score (nSPS) is 13.4. The zero-order chi connectivity index (χ0) is 19.8. The van der Waals surface area contributed by atoms with E-state index in [0.717, 1.165) is 23.4 Å². The Morgan fingerprint density at radius 1 is 0.857 bits per heavy atom. The van der Waals surface area contributed by atoms with Crippen molar-refractivity contribution in [3.8, 4) is 0 Å². The molecule has 0 N–H and O–H groups in total. The maximum atomic E-state index is 11.9. The SMILES string of the molecule is CC(=O)c1ccc2c(c1)CCC(c1ccc(Cl)cc1C)=C2c1ccc(C)cc1. The molecular weight excluding hydrogens is 364 g/mol. The Hall–Kier alpha value is -2.64. The zero-order valence-corrected chi connectivity index (χ0v) is 17.2. The van der Waals surface area contributed by atoms with E-state index in [0.29, 0.717) is 0 Å². The summed E-state index contributed by atoms with van der Waals surface area (Å²) in [5.74, 6) is 0.114. The second kappa shape index (κ2) is 7.41. The van der Waals surface area contributed by atoms with Crippen molar-refractivity contribution >= 4 is 28.5 Å². The van der Waals surface area contributed by atoms with Gasteiger partial charge in [0.15, 0.2) is 5.78 Å². The van der Waals surface area contributed by atoms with E-state index in [2.05, 4.69) is 56.3 Å². The van der Waals surface area contributed by atoms with Crippen molar-refractivity contribution in [2.24, 2.45) is 0 Å². The molecule has 3 aromatic rings. The van der Waals surface area contributed by atoms with Crippen molar-refractivity contribution in [1.82, 2.24) is 0 Å². The van der Waals surface area contributed by atoms with Crippen LogP contribution in [0.1, 0.15) is 57.1 Å². The van der Waals surface area contributed by atoms with Crippen molar-refractivity contribution < 1.29 is 4.79 Å². The third-order valence-electron chi connectivity index (χ3n) is 5.58. The highest BCUT2D eigenvalue weighted by Crippen LogP contribution is 2.42. The minimum absolute atomic E-state index is 0.114. The molecule has 0 spiro atoms. The van der Waals surface area contributed by atoms with Crippen molar-refractivity contribution in [1.29, 1.82) is 0 Å². The number of benzene rings is 3. The standard InChI is InChI=1S/C26H23ClO/c1-16-4-6-19(7-5-16)26-24-11-8-20(18(3)28)15-21(24)9-12-25(26)23-13-10-22(27)14-17(23)2/h4-8,10-11,13-15H,9,12H2,1-3H3. The number of carbonyl (C=O) groups excluding carboxylic acids is 1. The monoisotopic (exact) mass is 386 g/mol. The lowest BCUT2D eigenvalue weighted by molar-refractivity contribution is 0.101. The predicted molar refractivity (Wildman–Crippen MR) is 118 cm³/mol. The van der Waals surface area contributed by atoms with Gasteiger partial charge in [-0.15, -0.1) is 0 Å². The van der Waals surface area contributed by atoms with E-state index in [1.165, 1.54) is 44.5 Å². The van der Waals surface area contributed by atoms with E-state index in [9.17, 15) is 4.79 Å². The Morgan fingerprint density at radius 3 is 2.25 bits per heavy atom. The molecule has 0 unspecified atom stereocenters. The van der Waals surface area contributed by atoms with Crippen LogP contribution in [0.25, 0.3) is 11.1 Å². The fraction of sp³-hybridized carbons (Fsp3) is 0.192. The fourth-order valence-corrected chi connectivity index (χ4v) is 4.32. The minimum Gasteiger partial charge on any atom is -0.295 e. The van der Waals surface area contributed by atoms with E-state index in [1.54, 1.807) is 6.92 Å². The molecule has 3 aromatic carbocycles.